The average Bonchev–Trinajstić information content (AvgIpc) is 2.75. The molecule has 3 nitrogen and oxygen atoms in total. The van der Waals surface area contributed by atoms with Crippen LogP contribution in [-0.4, -0.2) is 15.1 Å². The molecule has 0 spiro atoms. The van der Waals surface area contributed by atoms with Crippen LogP contribution < -0.4 is 0 Å². The molecule has 4 heteroatoms. The molecule has 0 aliphatic rings. The van der Waals surface area contributed by atoms with Gasteiger partial charge >= 0.3 is 0 Å². The summed E-state index contributed by atoms with van der Waals surface area (Å²) >= 11 is 3.44. The lowest BCUT2D eigenvalue weighted by atomic mass is 10.1. The SMILES string of the molecule is Cc1cc(-c2nc3ccc(Br)cc3[nH]2)ccc1O. The monoisotopic (exact) mass is 302 g/mol. The summed E-state index contributed by atoms with van der Waals surface area (Å²) < 4.78 is 1.02. The molecule has 0 saturated heterocycles. The predicted octanol–water partition coefficient (Wildman–Crippen LogP) is 4.01. The van der Waals surface area contributed by atoms with Crippen molar-refractivity contribution in [3.63, 3.8) is 0 Å². The van der Waals surface area contributed by atoms with Crippen molar-refractivity contribution in [3.05, 3.63) is 46.4 Å². The number of aromatic amines is 1. The van der Waals surface area contributed by atoms with E-state index in [9.17, 15) is 5.11 Å². The van der Waals surface area contributed by atoms with Gasteiger partial charge in [-0.25, -0.2) is 4.98 Å². The Labute approximate surface area is 113 Å². The number of aromatic nitrogens is 2. The van der Waals surface area contributed by atoms with E-state index >= 15 is 0 Å². The highest BCUT2D eigenvalue weighted by Gasteiger charge is 2.07. The zero-order valence-electron chi connectivity index (χ0n) is 9.74. The van der Waals surface area contributed by atoms with Gasteiger partial charge in [0, 0.05) is 10.0 Å². The van der Waals surface area contributed by atoms with Gasteiger partial charge in [-0.3, -0.25) is 0 Å². The van der Waals surface area contributed by atoms with Crippen LogP contribution in [0.2, 0.25) is 0 Å². The molecule has 0 amide bonds. The Morgan fingerprint density at radius 2 is 2.00 bits per heavy atom. The molecule has 0 aliphatic carbocycles. The normalized spacial score (nSPS) is 11.0. The van der Waals surface area contributed by atoms with Gasteiger partial charge in [-0.05, 0) is 48.9 Å². The number of nitrogens with zero attached hydrogens (tertiary/aromatic N) is 1. The second-order valence-corrected chi connectivity index (χ2v) is 5.16. The van der Waals surface area contributed by atoms with Crippen molar-refractivity contribution in [2.24, 2.45) is 0 Å². The first kappa shape index (κ1) is 11.3. The second-order valence-electron chi connectivity index (χ2n) is 4.25. The number of hydrogen-bond acceptors (Lipinski definition) is 2. The Bertz CT molecular complexity index is 734. The summed E-state index contributed by atoms with van der Waals surface area (Å²) in [6.45, 7) is 1.87. The quantitative estimate of drug-likeness (QED) is 0.713. The smallest absolute Gasteiger partial charge is 0.138 e. The highest BCUT2D eigenvalue weighted by Crippen LogP contribution is 2.26. The van der Waals surface area contributed by atoms with E-state index in [4.69, 9.17) is 0 Å². The van der Waals surface area contributed by atoms with Gasteiger partial charge in [0.15, 0.2) is 0 Å². The van der Waals surface area contributed by atoms with E-state index in [0.29, 0.717) is 5.75 Å². The molecule has 18 heavy (non-hydrogen) atoms. The Morgan fingerprint density at radius 1 is 1.17 bits per heavy atom. The molecule has 0 aliphatic heterocycles. The molecule has 1 heterocycles. The molecular weight excluding hydrogens is 292 g/mol. The van der Waals surface area contributed by atoms with Crippen LogP contribution in [0.1, 0.15) is 5.56 Å². The molecule has 0 bridgehead atoms. The van der Waals surface area contributed by atoms with E-state index < -0.39 is 0 Å². The molecule has 90 valence electrons. The highest BCUT2D eigenvalue weighted by atomic mass is 79.9. The zero-order chi connectivity index (χ0) is 12.7. The molecule has 2 N–H and O–H groups in total. The number of hydrogen-bond donors (Lipinski definition) is 2. The van der Waals surface area contributed by atoms with Crippen LogP contribution in [0.15, 0.2) is 40.9 Å². The van der Waals surface area contributed by atoms with E-state index in [1.54, 1.807) is 6.07 Å². The third kappa shape index (κ3) is 1.88. The van der Waals surface area contributed by atoms with Gasteiger partial charge in [0.25, 0.3) is 0 Å². The minimum Gasteiger partial charge on any atom is -0.508 e. The van der Waals surface area contributed by atoms with E-state index in [-0.39, 0.29) is 0 Å². The fourth-order valence-corrected chi connectivity index (χ4v) is 2.28. The predicted molar refractivity (Wildman–Crippen MR) is 75.6 cm³/mol. The number of phenols is 1. The van der Waals surface area contributed by atoms with Gasteiger partial charge in [0.05, 0.1) is 11.0 Å². The molecule has 0 saturated carbocycles. The van der Waals surface area contributed by atoms with Crippen LogP contribution >= 0.6 is 15.9 Å². The maximum absolute atomic E-state index is 9.53. The number of aromatic hydroxyl groups is 1. The Balaban J connectivity index is 2.16. The number of halogens is 1. The largest absolute Gasteiger partial charge is 0.508 e. The second kappa shape index (κ2) is 4.14. The van der Waals surface area contributed by atoms with Gasteiger partial charge in [-0.1, -0.05) is 15.9 Å². The van der Waals surface area contributed by atoms with Crippen molar-refractivity contribution in [1.82, 2.24) is 9.97 Å². The van der Waals surface area contributed by atoms with Crippen LogP contribution in [0.4, 0.5) is 0 Å². The maximum Gasteiger partial charge on any atom is 0.138 e. The molecule has 0 unspecified atom stereocenters. The molecule has 3 aromatic rings. The first-order chi connectivity index (χ1) is 8.63. The van der Waals surface area contributed by atoms with E-state index in [1.807, 2.05) is 37.3 Å². The van der Waals surface area contributed by atoms with Crippen molar-refractivity contribution in [2.75, 3.05) is 0 Å². The highest BCUT2D eigenvalue weighted by molar-refractivity contribution is 9.10. The van der Waals surface area contributed by atoms with E-state index in [0.717, 1.165) is 32.5 Å². The molecule has 0 fully saturated rings. The van der Waals surface area contributed by atoms with Crippen molar-refractivity contribution in [3.8, 4) is 17.1 Å². The minimum absolute atomic E-state index is 0.303. The lowest BCUT2D eigenvalue weighted by Gasteiger charge is -2.00. The van der Waals surface area contributed by atoms with Crippen molar-refractivity contribution >= 4 is 27.0 Å². The summed E-state index contributed by atoms with van der Waals surface area (Å²) in [6.07, 6.45) is 0. The van der Waals surface area contributed by atoms with E-state index in [2.05, 4.69) is 25.9 Å². The summed E-state index contributed by atoms with van der Waals surface area (Å²) in [7, 11) is 0. The Kier molecular flexibility index (Phi) is 2.59. The number of fused-ring (bicyclic) bond motifs is 1. The van der Waals surface area contributed by atoms with Crippen LogP contribution in [0.5, 0.6) is 5.75 Å². The fourth-order valence-electron chi connectivity index (χ4n) is 1.92. The summed E-state index contributed by atoms with van der Waals surface area (Å²) in [6, 6.07) is 11.4. The number of benzene rings is 2. The van der Waals surface area contributed by atoms with Gasteiger partial charge in [-0.2, -0.15) is 0 Å². The van der Waals surface area contributed by atoms with E-state index in [1.165, 1.54) is 0 Å². The fraction of sp³-hybridized carbons (Fsp3) is 0.0714. The first-order valence-corrected chi connectivity index (χ1v) is 6.38. The molecule has 1 aromatic heterocycles. The van der Waals surface area contributed by atoms with Crippen LogP contribution in [0.3, 0.4) is 0 Å². The standard InChI is InChI=1S/C14H11BrN2O/c1-8-6-9(2-5-13(8)18)14-16-11-4-3-10(15)7-12(11)17-14/h2-7,18H,1H3,(H,16,17). The molecule has 0 atom stereocenters. The van der Waals surface area contributed by atoms with Gasteiger partial charge in [-0.15, -0.1) is 0 Å². The zero-order valence-corrected chi connectivity index (χ0v) is 11.3. The third-order valence-corrected chi connectivity index (χ3v) is 3.41. The number of nitrogens with one attached hydrogen (secondary N) is 1. The number of rotatable bonds is 1. The number of aryl methyl sites for hydroxylation is 1. The van der Waals surface area contributed by atoms with Crippen molar-refractivity contribution in [2.45, 2.75) is 6.92 Å². The number of H-pyrrole nitrogens is 1. The number of imidazole rings is 1. The topological polar surface area (TPSA) is 48.9 Å². The van der Waals surface area contributed by atoms with Crippen molar-refractivity contribution < 1.29 is 5.11 Å². The molecule has 0 radical (unpaired) electrons. The lowest BCUT2D eigenvalue weighted by Crippen LogP contribution is -1.82. The van der Waals surface area contributed by atoms with Crippen LogP contribution in [-0.2, 0) is 0 Å². The van der Waals surface area contributed by atoms with Crippen LogP contribution in [0.25, 0.3) is 22.4 Å². The minimum atomic E-state index is 0.303. The molecule has 2 aromatic carbocycles. The van der Waals surface area contributed by atoms with Gasteiger partial charge in [0.1, 0.15) is 11.6 Å². The maximum atomic E-state index is 9.53. The Morgan fingerprint density at radius 3 is 2.78 bits per heavy atom. The summed E-state index contributed by atoms with van der Waals surface area (Å²) in [4.78, 5) is 7.81. The molecule has 3 rings (SSSR count). The molecular formula is C14H11BrN2O. The lowest BCUT2D eigenvalue weighted by molar-refractivity contribution is 0.471. The van der Waals surface area contributed by atoms with Crippen LogP contribution in [0, 0.1) is 6.92 Å². The Hall–Kier alpha value is -1.81. The summed E-state index contributed by atoms with van der Waals surface area (Å²) in [5, 5.41) is 9.53. The summed E-state index contributed by atoms with van der Waals surface area (Å²) in [5.41, 5.74) is 3.73. The first-order valence-electron chi connectivity index (χ1n) is 5.59. The van der Waals surface area contributed by atoms with Gasteiger partial charge < -0.3 is 10.1 Å². The average molecular weight is 303 g/mol. The number of phenolic OH excluding ortho intramolecular Hbond substituents is 1. The van der Waals surface area contributed by atoms with Gasteiger partial charge in [0.2, 0.25) is 0 Å². The van der Waals surface area contributed by atoms with Crippen molar-refractivity contribution in [1.29, 1.82) is 0 Å². The third-order valence-electron chi connectivity index (χ3n) is 2.91. The summed E-state index contributed by atoms with van der Waals surface area (Å²) in [5.74, 6) is 1.11.